The van der Waals surface area contributed by atoms with E-state index in [1.807, 2.05) is 0 Å². The Balaban J connectivity index is 1.62. The maximum atomic E-state index is 11.6. The molecule has 1 saturated carbocycles. The minimum absolute atomic E-state index is 0.00910. The number of carbonyl (C=O) groups excluding carboxylic acids is 2. The highest BCUT2D eigenvalue weighted by molar-refractivity contribution is 5.94. The number of ketones is 1. The highest BCUT2D eigenvalue weighted by Gasteiger charge is 2.29. The van der Waals surface area contributed by atoms with Gasteiger partial charge in [-0.25, -0.2) is 0 Å². The lowest BCUT2D eigenvalue weighted by Gasteiger charge is -2.07. The fourth-order valence-electron chi connectivity index (χ4n) is 1.98. The van der Waals surface area contributed by atoms with Crippen molar-refractivity contribution in [2.75, 3.05) is 10.6 Å². The Morgan fingerprint density at radius 3 is 2.18 bits per heavy atom. The number of rotatable bonds is 5. The molecule has 6 nitrogen and oxygen atoms in total. The molecular formula is C16H16N4O2. The molecule has 6 heteroatoms. The number of Topliss-reactive ketones (excluding diaryl/α,β-unsaturated/α-hetero) is 1. The lowest BCUT2D eigenvalue weighted by atomic mass is 10.1. The lowest BCUT2D eigenvalue weighted by molar-refractivity contribution is -0.117. The van der Waals surface area contributed by atoms with Crippen LogP contribution in [0, 0.1) is 5.92 Å². The van der Waals surface area contributed by atoms with Gasteiger partial charge in [0.15, 0.2) is 17.4 Å². The Bertz CT molecular complexity index is 691. The first-order valence-corrected chi connectivity index (χ1v) is 7.14. The molecule has 1 aromatic carbocycles. The van der Waals surface area contributed by atoms with E-state index in [9.17, 15) is 9.59 Å². The van der Waals surface area contributed by atoms with Crippen molar-refractivity contribution in [3.8, 4) is 0 Å². The van der Waals surface area contributed by atoms with Crippen LogP contribution in [0.5, 0.6) is 0 Å². The van der Waals surface area contributed by atoms with Crippen LogP contribution in [0.3, 0.4) is 0 Å². The molecule has 1 heterocycles. The van der Waals surface area contributed by atoms with E-state index in [0.717, 1.165) is 18.5 Å². The van der Waals surface area contributed by atoms with Gasteiger partial charge in [0.1, 0.15) is 0 Å². The first kappa shape index (κ1) is 14.2. The van der Waals surface area contributed by atoms with Crippen LogP contribution >= 0.6 is 0 Å². The Morgan fingerprint density at radius 2 is 1.64 bits per heavy atom. The quantitative estimate of drug-likeness (QED) is 0.829. The SMILES string of the molecule is CC(=O)c1ccc(Nc2ccc(NC(=O)C3CC3)nn2)cc1. The Morgan fingerprint density at radius 1 is 1.00 bits per heavy atom. The van der Waals surface area contributed by atoms with Crippen LogP contribution in [0.2, 0.25) is 0 Å². The number of amides is 1. The van der Waals surface area contributed by atoms with Crippen molar-refractivity contribution in [1.82, 2.24) is 10.2 Å². The zero-order valence-corrected chi connectivity index (χ0v) is 12.2. The summed E-state index contributed by atoms with van der Waals surface area (Å²) in [6.07, 6.45) is 1.91. The standard InChI is InChI=1S/C16H16N4O2/c1-10(21)11-4-6-13(7-5-11)17-14-8-9-15(20-19-14)18-16(22)12-2-3-12/h4-9,12H,2-3H2,1H3,(H,17,19)(H,18,20,22). The molecule has 0 radical (unpaired) electrons. The van der Waals surface area contributed by atoms with Gasteiger partial charge < -0.3 is 10.6 Å². The fraction of sp³-hybridized carbons (Fsp3) is 0.250. The predicted molar refractivity (Wildman–Crippen MR) is 83.1 cm³/mol. The van der Waals surface area contributed by atoms with E-state index in [2.05, 4.69) is 20.8 Å². The van der Waals surface area contributed by atoms with Gasteiger partial charge in [-0.1, -0.05) is 0 Å². The third-order valence-corrected chi connectivity index (χ3v) is 3.43. The number of hydrogen-bond donors (Lipinski definition) is 2. The van der Waals surface area contributed by atoms with Crippen LogP contribution in [0.15, 0.2) is 36.4 Å². The van der Waals surface area contributed by atoms with Crippen LogP contribution in [-0.2, 0) is 4.79 Å². The van der Waals surface area contributed by atoms with E-state index in [0.29, 0.717) is 17.2 Å². The van der Waals surface area contributed by atoms with Crippen molar-refractivity contribution >= 4 is 29.0 Å². The Labute approximate surface area is 128 Å². The number of anilines is 3. The minimum atomic E-state index is 0.00910. The average Bonchev–Trinajstić information content (AvgIpc) is 3.34. The van der Waals surface area contributed by atoms with Gasteiger partial charge in [0.2, 0.25) is 5.91 Å². The molecule has 0 aliphatic heterocycles. The lowest BCUT2D eigenvalue weighted by Crippen LogP contribution is -2.14. The molecule has 0 spiro atoms. The first-order chi connectivity index (χ1) is 10.6. The zero-order chi connectivity index (χ0) is 15.5. The Kier molecular flexibility index (Phi) is 3.82. The van der Waals surface area contributed by atoms with Gasteiger partial charge in [-0.05, 0) is 56.2 Å². The van der Waals surface area contributed by atoms with Crippen molar-refractivity contribution in [3.63, 3.8) is 0 Å². The molecule has 1 fully saturated rings. The number of nitrogens with one attached hydrogen (secondary N) is 2. The molecule has 0 unspecified atom stereocenters. The van der Waals surface area contributed by atoms with Gasteiger partial charge in [-0.3, -0.25) is 9.59 Å². The van der Waals surface area contributed by atoms with E-state index in [4.69, 9.17) is 0 Å². The molecule has 2 N–H and O–H groups in total. The van der Waals surface area contributed by atoms with E-state index in [1.54, 1.807) is 36.4 Å². The number of carbonyl (C=O) groups is 2. The summed E-state index contributed by atoms with van der Waals surface area (Å²) in [7, 11) is 0. The van der Waals surface area contributed by atoms with Crippen LogP contribution < -0.4 is 10.6 Å². The van der Waals surface area contributed by atoms with Gasteiger partial charge in [-0.2, -0.15) is 0 Å². The Hall–Kier alpha value is -2.76. The molecule has 112 valence electrons. The van der Waals surface area contributed by atoms with Crippen LogP contribution in [0.1, 0.15) is 30.1 Å². The van der Waals surface area contributed by atoms with Crippen LogP contribution in [-0.4, -0.2) is 21.9 Å². The van der Waals surface area contributed by atoms with E-state index in [-0.39, 0.29) is 17.6 Å². The maximum Gasteiger partial charge on any atom is 0.228 e. The topological polar surface area (TPSA) is 84.0 Å². The van der Waals surface area contributed by atoms with E-state index >= 15 is 0 Å². The average molecular weight is 296 g/mol. The third kappa shape index (κ3) is 3.46. The van der Waals surface area contributed by atoms with Gasteiger partial charge in [0.05, 0.1) is 0 Å². The largest absolute Gasteiger partial charge is 0.339 e. The van der Waals surface area contributed by atoms with Crippen molar-refractivity contribution in [2.45, 2.75) is 19.8 Å². The summed E-state index contributed by atoms with van der Waals surface area (Å²) in [5, 5.41) is 13.8. The number of aromatic nitrogens is 2. The molecule has 0 saturated heterocycles. The molecular weight excluding hydrogens is 280 g/mol. The summed E-state index contributed by atoms with van der Waals surface area (Å²) in [5.74, 6) is 1.20. The maximum absolute atomic E-state index is 11.6. The monoisotopic (exact) mass is 296 g/mol. The van der Waals surface area contributed by atoms with Crippen molar-refractivity contribution in [3.05, 3.63) is 42.0 Å². The molecule has 0 bridgehead atoms. The summed E-state index contributed by atoms with van der Waals surface area (Å²) >= 11 is 0. The number of nitrogens with zero attached hydrogens (tertiary/aromatic N) is 2. The number of benzene rings is 1. The molecule has 1 aromatic heterocycles. The summed E-state index contributed by atoms with van der Waals surface area (Å²) in [6, 6.07) is 10.6. The van der Waals surface area contributed by atoms with Crippen LogP contribution in [0.4, 0.5) is 17.3 Å². The molecule has 3 rings (SSSR count). The third-order valence-electron chi connectivity index (χ3n) is 3.43. The molecule has 1 aliphatic rings. The predicted octanol–water partition coefficient (Wildman–Crippen LogP) is 2.77. The molecule has 1 amide bonds. The zero-order valence-electron chi connectivity index (χ0n) is 12.2. The summed E-state index contributed by atoms with van der Waals surface area (Å²) in [4.78, 5) is 22.8. The fourth-order valence-corrected chi connectivity index (χ4v) is 1.98. The normalized spacial score (nSPS) is 13.5. The smallest absolute Gasteiger partial charge is 0.228 e. The highest BCUT2D eigenvalue weighted by Crippen LogP contribution is 2.29. The molecule has 22 heavy (non-hydrogen) atoms. The van der Waals surface area contributed by atoms with Crippen molar-refractivity contribution in [2.24, 2.45) is 5.92 Å². The van der Waals surface area contributed by atoms with E-state index in [1.165, 1.54) is 6.92 Å². The van der Waals surface area contributed by atoms with E-state index < -0.39 is 0 Å². The summed E-state index contributed by atoms with van der Waals surface area (Å²) in [6.45, 7) is 1.53. The second-order valence-electron chi connectivity index (χ2n) is 5.33. The molecule has 0 atom stereocenters. The van der Waals surface area contributed by atoms with Crippen molar-refractivity contribution < 1.29 is 9.59 Å². The number of hydrogen-bond acceptors (Lipinski definition) is 5. The van der Waals surface area contributed by atoms with Gasteiger partial charge >= 0.3 is 0 Å². The second-order valence-corrected chi connectivity index (χ2v) is 5.33. The van der Waals surface area contributed by atoms with Gasteiger partial charge in [0, 0.05) is 17.2 Å². The highest BCUT2D eigenvalue weighted by atomic mass is 16.2. The first-order valence-electron chi connectivity index (χ1n) is 7.14. The molecule has 2 aromatic rings. The summed E-state index contributed by atoms with van der Waals surface area (Å²) in [5.41, 5.74) is 1.48. The summed E-state index contributed by atoms with van der Waals surface area (Å²) < 4.78 is 0. The second kappa shape index (κ2) is 5.93. The minimum Gasteiger partial charge on any atom is -0.339 e. The van der Waals surface area contributed by atoms with Gasteiger partial charge in [0.25, 0.3) is 0 Å². The van der Waals surface area contributed by atoms with Crippen molar-refractivity contribution in [1.29, 1.82) is 0 Å². The molecule has 1 aliphatic carbocycles. The van der Waals surface area contributed by atoms with Gasteiger partial charge in [-0.15, -0.1) is 10.2 Å². The van der Waals surface area contributed by atoms with Crippen LogP contribution in [0.25, 0.3) is 0 Å².